The van der Waals surface area contributed by atoms with Crippen molar-refractivity contribution >= 4 is 37.3 Å². The summed E-state index contributed by atoms with van der Waals surface area (Å²) >= 11 is 11.8. The molecule has 1 fully saturated rings. The molecule has 6 atom stereocenters. The second-order valence-corrected chi connectivity index (χ2v) is 9.90. The fourth-order valence-corrected chi connectivity index (χ4v) is 4.70. The molecule has 12 nitrogen and oxygen atoms in total. The van der Waals surface area contributed by atoms with E-state index in [1.54, 1.807) is 0 Å². The second-order valence-electron chi connectivity index (χ2n) is 7.90. The van der Waals surface area contributed by atoms with Gasteiger partial charge in [-0.05, 0) is 26.0 Å². The molecule has 0 bridgehead atoms. The Bertz CT molecular complexity index is 1260. The molecule has 1 saturated heterocycles. The number of hydroxylamine groups is 1. The van der Waals surface area contributed by atoms with Crippen molar-refractivity contribution < 1.29 is 37.7 Å². The summed E-state index contributed by atoms with van der Waals surface area (Å²) < 4.78 is 44.7. The van der Waals surface area contributed by atoms with E-state index in [2.05, 4.69) is 4.74 Å². The summed E-state index contributed by atoms with van der Waals surface area (Å²) in [6.07, 6.45) is -3.79. The normalized spacial score (nSPS) is 25.5. The minimum absolute atomic E-state index is 0.0601. The quantitative estimate of drug-likeness (QED) is 0.261. The zero-order valence-electron chi connectivity index (χ0n) is 19.1. The summed E-state index contributed by atoms with van der Waals surface area (Å²) in [5, 5.41) is 10.9. The molecule has 198 valence electrons. The fraction of sp³-hybridized carbons (Fsp3) is 0.450. The van der Waals surface area contributed by atoms with Gasteiger partial charge in [0.25, 0.3) is 5.56 Å². The number of benzene rings is 1. The van der Waals surface area contributed by atoms with E-state index >= 15 is 4.39 Å². The molecule has 0 aliphatic carbocycles. The van der Waals surface area contributed by atoms with Crippen LogP contribution in [-0.2, 0) is 23.7 Å². The number of carbonyl (C=O) groups excluding carboxylic acids is 1. The van der Waals surface area contributed by atoms with Crippen LogP contribution < -0.4 is 15.8 Å². The molecule has 0 spiro atoms. The second kappa shape index (κ2) is 11.4. The number of H-pyrrole nitrogens is 1. The van der Waals surface area contributed by atoms with E-state index in [0.29, 0.717) is 4.83 Å². The van der Waals surface area contributed by atoms with E-state index in [1.807, 2.05) is 4.98 Å². The van der Waals surface area contributed by atoms with Crippen LogP contribution in [0.2, 0.25) is 10.0 Å². The summed E-state index contributed by atoms with van der Waals surface area (Å²) in [5.74, 6) is -0.767. The number of aliphatic hydroxyl groups is 1. The van der Waals surface area contributed by atoms with Gasteiger partial charge in [-0.3, -0.25) is 28.5 Å². The molecule has 1 aliphatic heterocycles. The van der Waals surface area contributed by atoms with Crippen LogP contribution in [-0.4, -0.2) is 63.1 Å². The fourth-order valence-electron chi connectivity index (χ4n) is 3.39. The number of esters is 1. The first-order valence-electron chi connectivity index (χ1n) is 10.4. The minimum Gasteiger partial charge on any atom is -0.468 e. The Hall–Kier alpha value is -2.25. The zero-order chi connectivity index (χ0) is 26.8. The highest BCUT2D eigenvalue weighted by molar-refractivity contribution is 7.36. The highest BCUT2D eigenvalue weighted by Gasteiger charge is 2.55. The Morgan fingerprint density at radius 3 is 2.67 bits per heavy atom. The first-order chi connectivity index (χ1) is 16.9. The number of aromatic amines is 1. The molecule has 0 radical (unpaired) electrons. The van der Waals surface area contributed by atoms with Crippen LogP contribution in [0.1, 0.15) is 20.1 Å². The van der Waals surface area contributed by atoms with Crippen LogP contribution in [0.25, 0.3) is 0 Å². The van der Waals surface area contributed by atoms with Gasteiger partial charge < -0.3 is 19.1 Å². The van der Waals surface area contributed by atoms with E-state index in [-0.39, 0.29) is 15.8 Å². The molecule has 1 aromatic carbocycles. The molecule has 0 saturated carbocycles. The van der Waals surface area contributed by atoms with E-state index in [4.69, 9.17) is 37.3 Å². The smallest absolute Gasteiger partial charge is 0.331 e. The lowest BCUT2D eigenvalue weighted by Crippen LogP contribution is -2.44. The van der Waals surface area contributed by atoms with Crippen LogP contribution in [0.15, 0.2) is 40.1 Å². The van der Waals surface area contributed by atoms with Crippen molar-refractivity contribution in [2.24, 2.45) is 0 Å². The molecule has 0 amide bonds. The zero-order valence-corrected chi connectivity index (χ0v) is 21.7. The average molecular weight is 570 g/mol. The molecule has 1 aromatic heterocycles. The maximum atomic E-state index is 15.4. The third-order valence-corrected chi connectivity index (χ3v) is 7.39. The SMILES string of the molecule is COC(=O)C(C)N(OC[C@H]1O[C@@H](n2ccc(=O)[nH]c2=O)[C@](C)(F)[C@@H]1O)[PH](=O)Oc1ccc(Cl)c(Cl)c1. The monoisotopic (exact) mass is 569 g/mol. The van der Waals surface area contributed by atoms with Crippen LogP contribution in [0.5, 0.6) is 5.75 Å². The van der Waals surface area contributed by atoms with Crippen LogP contribution in [0.4, 0.5) is 4.39 Å². The highest BCUT2D eigenvalue weighted by Crippen LogP contribution is 2.42. The number of aliphatic hydroxyl groups excluding tert-OH is 1. The Morgan fingerprint density at radius 2 is 2.06 bits per heavy atom. The van der Waals surface area contributed by atoms with Crippen molar-refractivity contribution in [3.05, 3.63) is 61.3 Å². The van der Waals surface area contributed by atoms with Gasteiger partial charge in [0, 0.05) is 18.3 Å². The Balaban J connectivity index is 1.79. The van der Waals surface area contributed by atoms with Crippen molar-refractivity contribution in [1.29, 1.82) is 0 Å². The van der Waals surface area contributed by atoms with Gasteiger partial charge in [0.1, 0.15) is 24.0 Å². The Labute approximate surface area is 214 Å². The molecule has 2 N–H and O–H groups in total. The molecule has 3 rings (SSSR count). The van der Waals surface area contributed by atoms with Crippen LogP contribution in [0, 0.1) is 0 Å². The van der Waals surface area contributed by atoms with Gasteiger partial charge >= 0.3 is 19.8 Å². The number of hydrogen-bond donors (Lipinski definition) is 2. The first-order valence-corrected chi connectivity index (χ1v) is 12.4. The molecule has 2 aromatic rings. The first kappa shape index (κ1) is 28.3. The Kier molecular flexibility index (Phi) is 8.99. The average Bonchev–Trinajstić information content (AvgIpc) is 3.04. The van der Waals surface area contributed by atoms with Crippen molar-refractivity contribution in [3.8, 4) is 5.75 Å². The molecule has 16 heteroatoms. The molecular formula is C20H23Cl2FN3O9P. The number of aromatic nitrogens is 2. The standard InChI is InChI=1S/C20H23Cl2FN3O9P/c1-10(17(29)32-3)26(36(31)35-11-4-5-12(21)13(22)8-11)33-9-14-16(28)20(2,23)18(34-14)25-7-6-15(27)24-19(25)30/h4-8,10,14,16,18,28,36H,9H2,1-3H3,(H,24,27,30)/t10?,14-,16-,18-,20-/m1/s1. The van der Waals surface area contributed by atoms with Gasteiger partial charge in [-0.1, -0.05) is 28.0 Å². The molecule has 1 aliphatic rings. The number of nitrogens with zero attached hydrogens (tertiary/aromatic N) is 2. The summed E-state index contributed by atoms with van der Waals surface area (Å²) in [6.45, 7) is 1.73. The van der Waals surface area contributed by atoms with Gasteiger partial charge in [0.15, 0.2) is 11.9 Å². The number of ether oxygens (including phenoxy) is 2. The molecular weight excluding hydrogens is 547 g/mol. The van der Waals surface area contributed by atoms with E-state index in [1.165, 1.54) is 25.1 Å². The lowest BCUT2D eigenvalue weighted by Gasteiger charge is -2.27. The van der Waals surface area contributed by atoms with Crippen LogP contribution in [0.3, 0.4) is 0 Å². The molecule has 2 unspecified atom stereocenters. The van der Waals surface area contributed by atoms with Crippen molar-refractivity contribution in [2.75, 3.05) is 13.7 Å². The summed E-state index contributed by atoms with van der Waals surface area (Å²) in [7, 11) is -2.23. The predicted octanol–water partition coefficient (Wildman–Crippen LogP) is 2.09. The maximum Gasteiger partial charge on any atom is 0.331 e. The number of halogens is 3. The van der Waals surface area contributed by atoms with E-state index in [9.17, 15) is 24.1 Å². The topological polar surface area (TPSA) is 149 Å². The summed E-state index contributed by atoms with van der Waals surface area (Å²) in [6, 6.07) is 3.84. The largest absolute Gasteiger partial charge is 0.468 e. The number of methoxy groups -OCH3 is 1. The van der Waals surface area contributed by atoms with E-state index in [0.717, 1.165) is 30.9 Å². The maximum absolute atomic E-state index is 15.4. The molecule has 2 heterocycles. The van der Waals surface area contributed by atoms with Gasteiger partial charge in [-0.25, -0.2) is 9.18 Å². The number of nitrogens with one attached hydrogen (secondary N) is 1. The van der Waals surface area contributed by atoms with Crippen LogP contribution >= 0.6 is 31.4 Å². The van der Waals surface area contributed by atoms with Gasteiger partial charge in [-0.15, -0.1) is 0 Å². The number of alkyl halides is 1. The molecule has 36 heavy (non-hydrogen) atoms. The number of carbonyl (C=O) groups is 1. The van der Waals surface area contributed by atoms with Crippen molar-refractivity contribution in [2.45, 2.75) is 44.0 Å². The van der Waals surface area contributed by atoms with E-state index < -0.39 is 62.2 Å². The summed E-state index contributed by atoms with van der Waals surface area (Å²) in [4.78, 5) is 43.7. The van der Waals surface area contributed by atoms with Crippen molar-refractivity contribution in [1.82, 2.24) is 14.4 Å². The van der Waals surface area contributed by atoms with Gasteiger partial charge in [-0.2, -0.15) is 0 Å². The van der Waals surface area contributed by atoms with Crippen molar-refractivity contribution in [3.63, 3.8) is 0 Å². The minimum atomic E-state index is -3.34. The van der Waals surface area contributed by atoms with Gasteiger partial charge in [0.05, 0.1) is 23.8 Å². The third-order valence-electron chi connectivity index (χ3n) is 5.37. The highest BCUT2D eigenvalue weighted by atomic mass is 35.5. The predicted molar refractivity (Wildman–Crippen MR) is 126 cm³/mol. The third kappa shape index (κ3) is 6.00. The summed E-state index contributed by atoms with van der Waals surface area (Å²) in [5.41, 5.74) is -4.14. The number of rotatable bonds is 9. The lowest BCUT2D eigenvalue weighted by molar-refractivity contribution is -0.179. The Morgan fingerprint density at radius 1 is 1.36 bits per heavy atom. The lowest BCUT2D eigenvalue weighted by atomic mass is 9.98. The number of hydrogen-bond acceptors (Lipinski definition) is 9. The van der Waals surface area contributed by atoms with Gasteiger partial charge in [0.2, 0.25) is 0 Å².